The molecule has 1 aliphatic rings. The number of aliphatic hydroxyl groups is 1. The van der Waals surface area contributed by atoms with Crippen LogP contribution in [0, 0.1) is 5.41 Å². The van der Waals surface area contributed by atoms with E-state index < -0.39 is 24.1 Å². The highest BCUT2D eigenvalue weighted by Gasteiger charge is 2.44. The lowest BCUT2D eigenvalue weighted by atomic mass is 10.0. The first-order valence-electron chi connectivity index (χ1n) is 10.8. The predicted molar refractivity (Wildman–Crippen MR) is 127 cm³/mol. The number of aliphatic hydroxyl groups excluding tert-OH is 1. The summed E-state index contributed by atoms with van der Waals surface area (Å²) in [5.41, 5.74) is 8.61. The number of carbonyl (C=O) groups excluding carboxylic acids is 2. The van der Waals surface area contributed by atoms with Crippen molar-refractivity contribution in [3.63, 3.8) is 0 Å². The van der Waals surface area contributed by atoms with Crippen LogP contribution in [0.5, 0.6) is 6.01 Å². The van der Waals surface area contributed by atoms with Gasteiger partial charge in [-0.15, -0.1) is 21.1 Å². The second kappa shape index (κ2) is 9.80. The van der Waals surface area contributed by atoms with E-state index >= 15 is 0 Å². The summed E-state index contributed by atoms with van der Waals surface area (Å²) < 4.78 is 6.92. The SMILES string of the molecule is CC1C(c2nc(OCc3ccc(C(=N)N)cc3)n(C(=O)c3cscn3)n2)CC(O)N1C(=O)N(C)C. The number of nitrogens with one attached hydrogen (secondary N) is 1. The molecule has 0 spiro atoms. The molecule has 1 aliphatic heterocycles. The quantitative estimate of drug-likeness (QED) is 0.340. The summed E-state index contributed by atoms with van der Waals surface area (Å²) in [5.74, 6) is -0.656. The Balaban J connectivity index is 1.62. The zero-order valence-electron chi connectivity index (χ0n) is 19.5. The first-order valence-corrected chi connectivity index (χ1v) is 11.7. The Kier molecular flexibility index (Phi) is 6.80. The fraction of sp³-hybridized carbons (Fsp3) is 0.364. The zero-order chi connectivity index (χ0) is 25.3. The molecule has 12 nitrogen and oxygen atoms in total. The van der Waals surface area contributed by atoms with E-state index in [9.17, 15) is 14.7 Å². The van der Waals surface area contributed by atoms with Crippen LogP contribution in [0.1, 0.15) is 46.7 Å². The molecular formula is C22H26N8O4S. The normalized spacial score (nSPS) is 19.5. The Morgan fingerprint density at radius 1 is 1.31 bits per heavy atom. The lowest BCUT2D eigenvalue weighted by molar-refractivity contribution is 0.0380. The number of amides is 2. The average molecular weight is 499 g/mol. The fourth-order valence-corrected chi connectivity index (χ4v) is 4.43. The molecule has 3 unspecified atom stereocenters. The Morgan fingerprint density at radius 3 is 2.63 bits per heavy atom. The number of nitrogens with two attached hydrogens (primary N) is 1. The minimum atomic E-state index is -1.00. The third-order valence-electron chi connectivity index (χ3n) is 5.81. The van der Waals surface area contributed by atoms with Crippen molar-refractivity contribution in [1.82, 2.24) is 29.5 Å². The summed E-state index contributed by atoms with van der Waals surface area (Å²) >= 11 is 1.28. The topological polar surface area (TPSA) is 164 Å². The molecule has 3 aromatic rings. The number of urea groups is 1. The molecule has 4 rings (SSSR count). The van der Waals surface area contributed by atoms with Gasteiger partial charge in [-0.25, -0.2) is 9.78 Å². The highest BCUT2D eigenvalue weighted by Crippen LogP contribution is 2.36. The van der Waals surface area contributed by atoms with Crippen molar-refractivity contribution in [3.8, 4) is 6.01 Å². The highest BCUT2D eigenvalue weighted by atomic mass is 32.1. The van der Waals surface area contributed by atoms with Crippen molar-refractivity contribution in [2.75, 3.05) is 14.1 Å². The molecule has 3 atom stereocenters. The maximum absolute atomic E-state index is 13.1. The lowest BCUT2D eigenvalue weighted by Crippen LogP contribution is -2.46. The van der Waals surface area contributed by atoms with Gasteiger partial charge in [0, 0.05) is 43.4 Å². The van der Waals surface area contributed by atoms with Crippen LogP contribution < -0.4 is 10.5 Å². The molecule has 1 saturated heterocycles. The monoisotopic (exact) mass is 498 g/mol. The number of likely N-dealkylation sites (tertiary alicyclic amines) is 1. The number of nitrogen functional groups attached to an aromatic ring is 1. The molecule has 1 aromatic carbocycles. The maximum Gasteiger partial charge on any atom is 0.323 e. The molecule has 13 heteroatoms. The number of benzene rings is 1. The van der Waals surface area contributed by atoms with E-state index in [4.69, 9.17) is 15.9 Å². The van der Waals surface area contributed by atoms with Gasteiger partial charge in [-0.3, -0.25) is 15.1 Å². The van der Waals surface area contributed by atoms with Crippen molar-refractivity contribution >= 4 is 29.1 Å². The Labute approximate surface area is 205 Å². The zero-order valence-corrected chi connectivity index (χ0v) is 20.3. The molecular weight excluding hydrogens is 472 g/mol. The van der Waals surface area contributed by atoms with Gasteiger partial charge in [-0.2, -0.15) is 4.98 Å². The first-order chi connectivity index (χ1) is 16.7. The summed E-state index contributed by atoms with van der Waals surface area (Å²) in [6, 6.07) is 6.19. The Hall–Kier alpha value is -3.84. The average Bonchev–Trinajstić information content (AvgIpc) is 3.56. The van der Waals surface area contributed by atoms with Crippen LogP contribution in [-0.2, 0) is 6.61 Å². The number of thiazole rings is 1. The summed E-state index contributed by atoms with van der Waals surface area (Å²) in [6.07, 6.45) is -0.781. The molecule has 0 radical (unpaired) electrons. The van der Waals surface area contributed by atoms with Gasteiger partial charge >= 0.3 is 17.9 Å². The third-order valence-corrected chi connectivity index (χ3v) is 6.40. The van der Waals surface area contributed by atoms with Gasteiger partial charge in [0.15, 0.2) is 5.82 Å². The van der Waals surface area contributed by atoms with Gasteiger partial charge in [0.2, 0.25) is 0 Å². The largest absolute Gasteiger partial charge is 0.458 e. The maximum atomic E-state index is 13.1. The minimum absolute atomic E-state index is 0.0206. The van der Waals surface area contributed by atoms with Gasteiger partial charge in [-0.1, -0.05) is 24.3 Å². The van der Waals surface area contributed by atoms with Crippen molar-refractivity contribution < 1.29 is 19.4 Å². The van der Waals surface area contributed by atoms with E-state index in [1.807, 2.05) is 6.92 Å². The third kappa shape index (κ3) is 4.86. The van der Waals surface area contributed by atoms with Crippen LogP contribution in [-0.4, -0.2) is 78.8 Å². The number of amidine groups is 1. The molecule has 1 fully saturated rings. The highest BCUT2D eigenvalue weighted by molar-refractivity contribution is 7.07. The van der Waals surface area contributed by atoms with Crippen molar-refractivity contribution in [2.24, 2.45) is 5.73 Å². The molecule has 184 valence electrons. The van der Waals surface area contributed by atoms with Crippen molar-refractivity contribution in [1.29, 1.82) is 5.41 Å². The Bertz CT molecular complexity index is 1220. The molecule has 2 aromatic heterocycles. The van der Waals surface area contributed by atoms with E-state index in [0.717, 1.165) is 10.2 Å². The van der Waals surface area contributed by atoms with Gasteiger partial charge in [-0.05, 0) is 12.5 Å². The number of rotatable bonds is 6. The van der Waals surface area contributed by atoms with Crippen LogP contribution in [0.25, 0.3) is 0 Å². The molecule has 3 heterocycles. The molecule has 0 saturated carbocycles. The van der Waals surface area contributed by atoms with E-state index in [-0.39, 0.29) is 42.4 Å². The molecule has 0 aliphatic carbocycles. The molecule has 35 heavy (non-hydrogen) atoms. The van der Waals surface area contributed by atoms with Crippen LogP contribution in [0.4, 0.5) is 4.79 Å². The standard InChI is InChI=1S/C22H26N8O4S/c1-12-15(8-17(31)29(12)22(33)28(2)3)19-26-21(30(27-19)20(32)16-10-35-11-25-16)34-9-13-4-6-14(7-5-13)18(23)24/h4-7,10-12,15,17,31H,8-9H2,1-3H3,(H3,23,24). The fourth-order valence-electron chi connectivity index (χ4n) is 3.91. The Morgan fingerprint density at radius 2 is 2.03 bits per heavy atom. The second-order valence-electron chi connectivity index (χ2n) is 8.39. The summed E-state index contributed by atoms with van der Waals surface area (Å²) in [5, 5.41) is 24.1. The van der Waals surface area contributed by atoms with Crippen LogP contribution in [0.15, 0.2) is 35.2 Å². The number of carbonyl (C=O) groups is 2. The lowest BCUT2D eigenvalue weighted by Gasteiger charge is -2.29. The molecule has 4 N–H and O–H groups in total. The van der Waals surface area contributed by atoms with E-state index in [0.29, 0.717) is 5.56 Å². The summed E-state index contributed by atoms with van der Waals surface area (Å²) in [6.45, 7) is 1.90. The van der Waals surface area contributed by atoms with E-state index in [2.05, 4.69) is 15.1 Å². The predicted octanol–water partition coefficient (Wildman–Crippen LogP) is 1.46. The van der Waals surface area contributed by atoms with Crippen LogP contribution >= 0.6 is 11.3 Å². The molecule has 2 amide bonds. The van der Waals surface area contributed by atoms with E-state index in [1.54, 1.807) is 49.3 Å². The molecule has 0 bridgehead atoms. The van der Waals surface area contributed by atoms with Crippen molar-refractivity contribution in [3.05, 3.63) is 57.8 Å². The van der Waals surface area contributed by atoms with E-state index in [1.165, 1.54) is 21.1 Å². The summed E-state index contributed by atoms with van der Waals surface area (Å²) in [7, 11) is 3.23. The van der Waals surface area contributed by atoms with Crippen LogP contribution in [0.3, 0.4) is 0 Å². The second-order valence-corrected chi connectivity index (χ2v) is 9.11. The number of hydrogen-bond donors (Lipinski definition) is 3. The number of nitrogens with zero attached hydrogens (tertiary/aromatic N) is 6. The smallest absolute Gasteiger partial charge is 0.323 e. The first kappa shape index (κ1) is 24.3. The minimum Gasteiger partial charge on any atom is -0.458 e. The van der Waals surface area contributed by atoms with Gasteiger partial charge in [0.05, 0.1) is 5.51 Å². The number of ether oxygens (including phenoxy) is 1. The summed E-state index contributed by atoms with van der Waals surface area (Å²) in [4.78, 5) is 36.9. The van der Waals surface area contributed by atoms with Gasteiger partial charge < -0.3 is 20.5 Å². The van der Waals surface area contributed by atoms with Crippen LogP contribution in [0.2, 0.25) is 0 Å². The van der Waals surface area contributed by atoms with Gasteiger partial charge in [0.25, 0.3) is 0 Å². The number of aromatic nitrogens is 4. The number of hydrogen-bond acceptors (Lipinski definition) is 9. The van der Waals surface area contributed by atoms with Gasteiger partial charge in [0.1, 0.15) is 24.4 Å². The van der Waals surface area contributed by atoms with Crippen molar-refractivity contribution in [2.45, 2.75) is 38.1 Å².